The molecular formula is C26H31N3O2. The van der Waals surface area contributed by atoms with E-state index in [9.17, 15) is 9.59 Å². The molecule has 1 aromatic heterocycles. The van der Waals surface area contributed by atoms with E-state index in [4.69, 9.17) is 0 Å². The molecule has 5 heteroatoms. The van der Waals surface area contributed by atoms with Crippen molar-refractivity contribution >= 4 is 11.6 Å². The van der Waals surface area contributed by atoms with Crippen LogP contribution in [0.1, 0.15) is 48.2 Å². The standard InChI is InChI=1S/C26H31N3O2/c1-3-5-17-28(4-2)24-15-13-23(14-16-24)26(31)27-19-21-9-11-22(12-10-21)20-29-18-7-6-8-25(29)30/h6-16,18H,3-5,17,19-20H2,1-2H3,(H,27,31). The SMILES string of the molecule is CCCCN(CC)c1ccc(C(=O)NCc2ccc(Cn3ccccc3=O)cc2)cc1. The molecule has 1 heterocycles. The molecule has 162 valence electrons. The normalized spacial score (nSPS) is 10.6. The van der Waals surface area contributed by atoms with E-state index in [0.29, 0.717) is 18.7 Å². The molecule has 5 nitrogen and oxygen atoms in total. The molecule has 0 bridgehead atoms. The lowest BCUT2D eigenvalue weighted by atomic mass is 10.1. The maximum atomic E-state index is 12.5. The zero-order valence-corrected chi connectivity index (χ0v) is 18.4. The fraction of sp³-hybridized carbons (Fsp3) is 0.308. The minimum absolute atomic E-state index is 0.0164. The molecular weight excluding hydrogens is 386 g/mol. The molecule has 0 saturated heterocycles. The minimum Gasteiger partial charge on any atom is -0.372 e. The van der Waals surface area contributed by atoms with Gasteiger partial charge in [0.2, 0.25) is 0 Å². The molecule has 0 fully saturated rings. The number of amides is 1. The van der Waals surface area contributed by atoms with Gasteiger partial charge in [-0.15, -0.1) is 0 Å². The van der Waals surface area contributed by atoms with Crippen LogP contribution < -0.4 is 15.8 Å². The Bertz CT molecular complexity index is 1020. The highest BCUT2D eigenvalue weighted by molar-refractivity contribution is 5.94. The Labute approximate surface area is 184 Å². The second-order valence-electron chi connectivity index (χ2n) is 7.65. The highest BCUT2D eigenvalue weighted by Gasteiger charge is 2.08. The average molecular weight is 418 g/mol. The highest BCUT2D eigenvalue weighted by Crippen LogP contribution is 2.16. The molecule has 3 aromatic rings. The lowest BCUT2D eigenvalue weighted by molar-refractivity contribution is 0.0951. The van der Waals surface area contributed by atoms with Crippen LogP contribution in [-0.4, -0.2) is 23.6 Å². The van der Waals surface area contributed by atoms with Gasteiger partial charge >= 0.3 is 0 Å². The zero-order valence-electron chi connectivity index (χ0n) is 18.4. The third-order valence-electron chi connectivity index (χ3n) is 5.39. The Morgan fingerprint density at radius 1 is 0.935 bits per heavy atom. The minimum atomic E-state index is -0.0805. The van der Waals surface area contributed by atoms with Crippen LogP contribution >= 0.6 is 0 Å². The molecule has 0 saturated carbocycles. The topological polar surface area (TPSA) is 54.3 Å². The van der Waals surface area contributed by atoms with Crippen molar-refractivity contribution in [3.63, 3.8) is 0 Å². The van der Waals surface area contributed by atoms with E-state index in [-0.39, 0.29) is 11.5 Å². The number of aromatic nitrogens is 1. The van der Waals surface area contributed by atoms with Crippen LogP contribution in [0.25, 0.3) is 0 Å². The van der Waals surface area contributed by atoms with Crippen molar-refractivity contribution in [3.8, 4) is 0 Å². The number of hydrogen-bond acceptors (Lipinski definition) is 3. The number of pyridine rings is 1. The van der Waals surface area contributed by atoms with Gasteiger partial charge in [0.25, 0.3) is 11.5 Å². The Morgan fingerprint density at radius 3 is 2.29 bits per heavy atom. The maximum Gasteiger partial charge on any atom is 0.251 e. The van der Waals surface area contributed by atoms with Crippen molar-refractivity contribution in [1.29, 1.82) is 0 Å². The average Bonchev–Trinajstić information content (AvgIpc) is 2.81. The zero-order chi connectivity index (χ0) is 22.1. The van der Waals surface area contributed by atoms with E-state index in [1.165, 1.54) is 6.42 Å². The van der Waals surface area contributed by atoms with Gasteiger partial charge in [-0.25, -0.2) is 0 Å². The van der Waals surface area contributed by atoms with Crippen molar-refractivity contribution in [3.05, 3.63) is 100.0 Å². The van der Waals surface area contributed by atoms with E-state index in [1.807, 2.05) is 54.6 Å². The summed E-state index contributed by atoms with van der Waals surface area (Å²) in [6, 6.07) is 20.9. The van der Waals surface area contributed by atoms with Crippen molar-refractivity contribution < 1.29 is 4.79 Å². The van der Waals surface area contributed by atoms with Gasteiger partial charge < -0.3 is 14.8 Å². The van der Waals surface area contributed by atoms with Crippen LogP contribution in [0.2, 0.25) is 0 Å². The maximum absolute atomic E-state index is 12.5. The Hall–Kier alpha value is -3.34. The predicted octanol–water partition coefficient (Wildman–Crippen LogP) is 4.45. The highest BCUT2D eigenvalue weighted by atomic mass is 16.1. The van der Waals surface area contributed by atoms with Crippen LogP contribution in [0.5, 0.6) is 0 Å². The molecule has 0 aliphatic carbocycles. The fourth-order valence-corrected chi connectivity index (χ4v) is 3.48. The first-order valence-electron chi connectivity index (χ1n) is 11.0. The lowest BCUT2D eigenvalue weighted by Crippen LogP contribution is -2.25. The molecule has 0 aliphatic rings. The van der Waals surface area contributed by atoms with Crippen molar-refractivity contribution in [1.82, 2.24) is 9.88 Å². The van der Waals surface area contributed by atoms with Crippen LogP contribution in [-0.2, 0) is 13.1 Å². The van der Waals surface area contributed by atoms with Gasteiger partial charge in [0.05, 0.1) is 6.54 Å². The first-order chi connectivity index (χ1) is 15.1. The van der Waals surface area contributed by atoms with Crippen LogP contribution in [0.15, 0.2) is 77.7 Å². The van der Waals surface area contributed by atoms with E-state index >= 15 is 0 Å². The molecule has 31 heavy (non-hydrogen) atoms. The number of benzene rings is 2. The molecule has 3 rings (SSSR count). The number of anilines is 1. The summed E-state index contributed by atoms with van der Waals surface area (Å²) in [6.07, 6.45) is 4.12. The van der Waals surface area contributed by atoms with Crippen LogP contribution in [0.4, 0.5) is 5.69 Å². The number of unbranched alkanes of at least 4 members (excludes halogenated alkanes) is 1. The van der Waals surface area contributed by atoms with E-state index in [0.717, 1.165) is 36.3 Å². The van der Waals surface area contributed by atoms with Crippen LogP contribution in [0, 0.1) is 0 Å². The summed E-state index contributed by atoms with van der Waals surface area (Å²) < 4.78 is 1.67. The Balaban J connectivity index is 1.54. The van der Waals surface area contributed by atoms with Crippen molar-refractivity contribution in [2.75, 3.05) is 18.0 Å². The summed E-state index contributed by atoms with van der Waals surface area (Å²) in [5.41, 5.74) is 3.86. The summed E-state index contributed by atoms with van der Waals surface area (Å²) in [7, 11) is 0. The van der Waals surface area contributed by atoms with Gasteiger partial charge in [-0.1, -0.05) is 43.7 Å². The Morgan fingerprint density at radius 2 is 1.65 bits per heavy atom. The second-order valence-corrected chi connectivity index (χ2v) is 7.65. The van der Waals surface area contributed by atoms with Crippen molar-refractivity contribution in [2.24, 2.45) is 0 Å². The van der Waals surface area contributed by atoms with Gasteiger partial charge in [0, 0.05) is 43.1 Å². The number of carbonyl (C=O) groups is 1. The van der Waals surface area contributed by atoms with E-state index < -0.39 is 0 Å². The lowest BCUT2D eigenvalue weighted by Gasteiger charge is -2.23. The quantitative estimate of drug-likeness (QED) is 0.530. The molecule has 2 aromatic carbocycles. The molecule has 1 N–H and O–H groups in total. The summed E-state index contributed by atoms with van der Waals surface area (Å²) in [5, 5.41) is 2.98. The number of nitrogens with one attached hydrogen (secondary N) is 1. The third-order valence-corrected chi connectivity index (χ3v) is 5.39. The number of nitrogens with zero attached hydrogens (tertiary/aromatic N) is 2. The smallest absolute Gasteiger partial charge is 0.251 e. The van der Waals surface area contributed by atoms with Crippen molar-refractivity contribution in [2.45, 2.75) is 39.8 Å². The monoisotopic (exact) mass is 417 g/mol. The fourth-order valence-electron chi connectivity index (χ4n) is 3.48. The Kier molecular flexibility index (Phi) is 8.05. The summed E-state index contributed by atoms with van der Waals surface area (Å²) in [5.74, 6) is -0.0805. The van der Waals surface area contributed by atoms with Gasteiger partial charge in [0.1, 0.15) is 0 Å². The first kappa shape index (κ1) is 22.3. The van der Waals surface area contributed by atoms with Gasteiger partial charge in [-0.05, 0) is 54.8 Å². The third kappa shape index (κ3) is 6.32. The van der Waals surface area contributed by atoms with Crippen LogP contribution in [0.3, 0.4) is 0 Å². The van der Waals surface area contributed by atoms with Gasteiger partial charge in [-0.3, -0.25) is 9.59 Å². The predicted molar refractivity (Wildman–Crippen MR) is 127 cm³/mol. The molecule has 0 spiro atoms. The van der Waals surface area contributed by atoms with E-state index in [2.05, 4.69) is 24.1 Å². The molecule has 0 aliphatic heterocycles. The number of rotatable bonds is 10. The molecule has 0 radical (unpaired) electrons. The number of hydrogen-bond donors (Lipinski definition) is 1. The van der Waals surface area contributed by atoms with Gasteiger partial charge in [-0.2, -0.15) is 0 Å². The summed E-state index contributed by atoms with van der Waals surface area (Å²) in [4.78, 5) is 26.7. The molecule has 0 unspecified atom stereocenters. The molecule has 1 amide bonds. The second kappa shape index (κ2) is 11.2. The molecule has 0 atom stereocenters. The number of carbonyl (C=O) groups excluding carboxylic acids is 1. The summed E-state index contributed by atoms with van der Waals surface area (Å²) in [6.45, 7) is 7.34. The summed E-state index contributed by atoms with van der Waals surface area (Å²) >= 11 is 0. The first-order valence-corrected chi connectivity index (χ1v) is 11.0. The van der Waals surface area contributed by atoms with E-state index in [1.54, 1.807) is 22.9 Å². The van der Waals surface area contributed by atoms with Gasteiger partial charge in [0.15, 0.2) is 0 Å². The largest absolute Gasteiger partial charge is 0.372 e.